The van der Waals surface area contributed by atoms with E-state index in [0.717, 1.165) is 40.5 Å². The van der Waals surface area contributed by atoms with Gasteiger partial charge in [-0.3, -0.25) is 0 Å². The molecule has 0 unspecified atom stereocenters. The third kappa shape index (κ3) is 4.85. The second kappa shape index (κ2) is 9.91. The van der Waals surface area contributed by atoms with Crippen LogP contribution < -0.4 is 16.0 Å². The van der Waals surface area contributed by atoms with Crippen LogP contribution in [-0.2, 0) is 0 Å². The SMILES string of the molecule is CC[C@H](C)c1nc(NCCNC(=O)Nc2ccccc2)c2cnn(-c3ccccc3)c2n1. The molecule has 2 amide bonds. The molecule has 0 saturated heterocycles. The third-order valence-corrected chi connectivity index (χ3v) is 5.23. The molecule has 0 spiro atoms. The first kappa shape index (κ1) is 21.3. The monoisotopic (exact) mass is 429 g/mol. The molecule has 0 aliphatic heterocycles. The summed E-state index contributed by atoms with van der Waals surface area (Å²) in [5.41, 5.74) is 2.46. The number of carbonyl (C=O) groups is 1. The van der Waals surface area contributed by atoms with Crippen molar-refractivity contribution in [2.75, 3.05) is 23.7 Å². The lowest BCUT2D eigenvalue weighted by Gasteiger charge is -2.13. The molecule has 0 saturated carbocycles. The Balaban J connectivity index is 1.49. The molecule has 1 atom stereocenters. The Morgan fingerprint density at radius 3 is 2.44 bits per heavy atom. The van der Waals surface area contributed by atoms with Gasteiger partial charge in [-0.15, -0.1) is 0 Å². The summed E-state index contributed by atoms with van der Waals surface area (Å²) in [5, 5.41) is 14.4. The van der Waals surface area contributed by atoms with E-state index >= 15 is 0 Å². The van der Waals surface area contributed by atoms with Crippen molar-refractivity contribution in [2.45, 2.75) is 26.2 Å². The molecule has 0 aliphatic carbocycles. The minimum atomic E-state index is -0.247. The molecule has 4 aromatic rings. The quantitative estimate of drug-likeness (QED) is 0.357. The Hall–Kier alpha value is -3.94. The van der Waals surface area contributed by atoms with Crippen LogP contribution in [0.3, 0.4) is 0 Å². The van der Waals surface area contributed by atoms with E-state index in [0.29, 0.717) is 13.1 Å². The molecule has 0 aliphatic rings. The van der Waals surface area contributed by atoms with Gasteiger partial charge in [-0.05, 0) is 30.7 Å². The van der Waals surface area contributed by atoms with Gasteiger partial charge >= 0.3 is 6.03 Å². The summed E-state index contributed by atoms with van der Waals surface area (Å²) in [5.74, 6) is 1.71. The highest BCUT2D eigenvalue weighted by Gasteiger charge is 2.16. The Kier molecular flexibility index (Phi) is 6.60. The maximum Gasteiger partial charge on any atom is 0.319 e. The minimum Gasteiger partial charge on any atom is -0.368 e. The number of urea groups is 1. The zero-order valence-corrected chi connectivity index (χ0v) is 18.2. The summed E-state index contributed by atoms with van der Waals surface area (Å²) in [7, 11) is 0. The lowest BCUT2D eigenvalue weighted by molar-refractivity contribution is 0.252. The second-order valence-electron chi connectivity index (χ2n) is 7.54. The van der Waals surface area contributed by atoms with E-state index in [1.807, 2.05) is 65.3 Å². The second-order valence-corrected chi connectivity index (χ2v) is 7.54. The maximum atomic E-state index is 12.1. The number of hydrogen-bond donors (Lipinski definition) is 3. The maximum absolute atomic E-state index is 12.1. The number of aromatic nitrogens is 4. The fraction of sp³-hybridized carbons (Fsp3) is 0.250. The van der Waals surface area contributed by atoms with E-state index in [9.17, 15) is 4.79 Å². The summed E-state index contributed by atoms with van der Waals surface area (Å²) in [6.45, 7) is 5.19. The van der Waals surface area contributed by atoms with Gasteiger partial charge in [0.2, 0.25) is 0 Å². The van der Waals surface area contributed by atoms with Gasteiger partial charge in [0.05, 0.1) is 17.3 Å². The summed E-state index contributed by atoms with van der Waals surface area (Å²) in [6, 6.07) is 19.0. The average molecular weight is 430 g/mol. The molecule has 32 heavy (non-hydrogen) atoms. The van der Waals surface area contributed by atoms with Crippen molar-refractivity contribution in [3.05, 3.63) is 72.7 Å². The van der Waals surface area contributed by atoms with Crippen LogP contribution in [0.4, 0.5) is 16.3 Å². The lowest BCUT2D eigenvalue weighted by atomic mass is 10.1. The fourth-order valence-electron chi connectivity index (χ4n) is 3.27. The molecule has 0 bridgehead atoms. The largest absolute Gasteiger partial charge is 0.368 e. The van der Waals surface area contributed by atoms with Gasteiger partial charge in [-0.1, -0.05) is 50.2 Å². The first-order valence-corrected chi connectivity index (χ1v) is 10.8. The molecule has 0 radical (unpaired) electrons. The topological polar surface area (TPSA) is 96.8 Å². The third-order valence-electron chi connectivity index (χ3n) is 5.23. The van der Waals surface area contributed by atoms with Gasteiger partial charge in [0.1, 0.15) is 11.6 Å². The predicted molar refractivity (Wildman–Crippen MR) is 127 cm³/mol. The number of nitrogens with one attached hydrogen (secondary N) is 3. The average Bonchev–Trinajstić information content (AvgIpc) is 3.26. The van der Waals surface area contributed by atoms with Crippen LogP contribution >= 0.6 is 0 Å². The van der Waals surface area contributed by atoms with Crippen LogP contribution in [-0.4, -0.2) is 38.9 Å². The molecule has 8 nitrogen and oxygen atoms in total. The summed E-state index contributed by atoms with van der Waals surface area (Å²) >= 11 is 0. The molecule has 8 heteroatoms. The smallest absolute Gasteiger partial charge is 0.319 e. The van der Waals surface area contributed by atoms with Crippen molar-refractivity contribution in [2.24, 2.45) is 0 Å². The molecule has 3 N–H and O–H groups in total. The number of carbonyl (C=O) groups excluding carboxylic acids is 1. The van der Waals surface area contributed by atoms with Gasteiger partial charge < -0.3 is 16.0 Å². The van der Waals surface area contributed by atoms with Crippen LogP contribution in [0, 0.1) is 0 Å². The van der Waals surface area contributed by atoms with E-state index in [1.54, 1.807) is 6.20 Å². The number of anilines is 2. The van der Waals surface area contributed by atoms with E-state index < -0.39 is 0 Å². The van der Waals surface area contributed by atoms with Crippen LogP contribution in [0.15, 0.2) is 66.9 Å². The molecular weight excluding hydrogens is 402 g/mol. The van der Waals surface area contributed by atoms with E-state index in [1.165, 1.54) is 0 Å². The van der Waals surface area contributed by atoms with Gasteiger partial charge in [0, 0.05) is 24.7 Å². The van der Waals surface area contributed by atoms with Crippen molar-refractivity contribution >= 4 is 28.6 Å². The molecule has 2 aromatic heterocycles. The van der Waals surface area contributed by atoms with Crippen molar-refractivity contribution in [3.63, 3.8) is 0 Å². The Morgan fingerprint density at radius 2 is 1.72 bits per heavy atom. The highest BCUT2D eigenvalue weighted by Crippen LogP contribution is 2.26. The van der Waals surface area contributed by atoms with Gasteiger partial charge in [0.25, 0.3) is 0 Å². The van der Waals surface area contributed by atoms with E-state index in [-0.39, 0.29) is 11.9 Å². The Bertz CT molecular complexity index is 1180. The molecule has 4 rings (SSSR count). The highest BCUT2D eigenvalue weighted by molar-refractivity contribution is 5.89. The Morgan fingerprint density at radius 1 is 1.00 bits per heavy atom. The Labute approximate surface area is 187 Å². The highest BCUT2D eigenvalue weighted by atomic mass is 16.2. The number of hydrogen-bond acceptors (Lipinski definition) is 5. The zero-order valence-electron chi connectivity index (χ0n) is 18.2. The van der Waals surface area contributed by atoms with Crippen molar-refractivity contribution in [1.82, 2.24) is 25.1 Å². The summed E-state index contributed by atoms with van der Waals surface area (Å²) in [4.78, 5) is 21.7. The standard InChI is InChI=1S/C24H27N7O/c1-3-17(2)21-29-22(25-14-15-26-24(32)28-18-10-6-4-7-11-18)20-16-27-31(23(20)30-21)19-12-8-5-9-13-19/h4-13,16-17H,3,14-15H2,1-2H3,(H,25,29,30)(H2,26,28,32)/t17-/m0/s1. The first-order chi connectivity index (χ1) is 15.7. The van der Waals surface area contributed by atoms with Crippen LogP contribution in [0.25, 0.3) is 16.7 Å². The van der Waals surface area contributed by atoms with Crippen LogP contribution in [0.2, 0.25) is 0 Å². The molecule has 2 aromatic carbocycles. The predicted octanol–water partition coefficient (Wildman–Crippen LogP) is 4.56. The number of fused-ring (bicyclic) bond motifs is 1. The van der Waals surface area contributed by atoms with Crippen LogP contribution in [0.1, 0.15) is 32.0 Å². The van der Waals surface area contributed by atoms with Gasteiger partial charge in [0.15, 0.2) is 5.65 Å². The molecule has 2 heterocycles. The van der Waals surface area contributed by atoms with Crippen LogP contribution in [0.5, 0.6) is 0 Å². The summed E-state index contributed by atoms with van der Waals surface area (Å²) < 4.78 is 1.83. The van der Waals surface area contributed by atoms with Crippen molar-refractivity contribution < 1.29 is 4.79 Å². The zero-order chi connectivity index (χ0) is 22.3. The number of para-hydroxylation sites is 2. The number of nitrogens with zero attached hydrogens (tertiary/aromatic N) is 4. The summed E-state index contributed by atoms with van der Waals surface area (Å²) in [6.07, 6.45) is 2.71. The van der Waals surface area contributed by atoms with E-state index in [2.05, 4.69) is 34.9 Å². The van der Waals surface area contributed by atoms with Gasteiger partial charge in [-0.25, -0.2) is 19.4 Å². The van der Waals surface area contributed by atoms with Crippen molar-refractivity contribution in [1.29, 1.82) is 0 Å². The molecule has 0 fully saturated rings. The minimum absolute atomic E-state index is 0.217. The fourth-order valence-corrected chi connectivity index (χ4v) is 3.27. The number of rotatable bonds is 8. The normalized spacial score (nSPS) is 11.8. The number of benzene rings is 2. The van der Waals surface area contributed by atoms with E-state index in [4.69, 9.17) is 9.97 Å². The van der Waals surface area contributed by atoms with Crippen molar-refractivity contribution in [3.8, 4) is 5.69 Å². The van der Waals surface area contributed by atoms with Gasteiger partial charge in [-0.2, -0.15) is 5.10 Å². The number of amides is 2. The lowest BCUT2D eigenvalue weighted by Crippen LogP contribution is -2.32. The molecule has 164 valence electrons. The first-order valence-electron chi connectivity index (χ1n) is 10.8. The molecular formula is C24H27N7O.